The summed E-state index contributed by atoms with van der Waals surface area (Å²) in [4.78, 5) is 32.6. The van der Waals surface area contributed by atoms with Crippen molar-refractivity contribution in [1.29, 1.82) is 0 Å². The number of likely N-dealkylation sites (tertiary alicyclic amines) is 1. The number of carbonyl (C=O) groups excluding carboxylic acids is 2. The molecule has 1 aliphatic heterocycles. The van der Waals surface area contributed by atoms with Crippen molar-refractivity contribution in [3.63, 3.8) is 0 Å². The van der Waals surface area contributed by atoms with Gasteiger partial charge >= 0.3 is 5.97 Å². The third kappa shape index (κ3) is 6.11. The van der Waals surface area contributed by atoms with Crippen LogP contribution in [0.15, 0.2) is 54.7 Å². The standard InChI is InChI=1S/C32H40N2O4/c1-3-22-5-12-27(33-19-22)15-16-38-28-13-6-23(7-14-28)17-26(32(36)37-4-2)18-31(35)34-20-29-24-8-9-25(11-10-24)30(29)21-34/h5-9,12-14,19,24-26,29-30H,3-4,10-11,15-18,20-21H2,1-2H3. The molecular formula is C32H40N2O4. The number of hydrogen-bond donors (Lipinski definition) is 0. The third-order valence-electron chi connectivity index (χ3n) is 8.67. The normalized spacial score (nSPS) is 24.2. The fourth-order valence-corrected chi connectivity index (χ4v) is 6.47. The van der Waals surface area contributed by atoms with Crippen molar-refractivity contribution in [3.05, 3.63) is 71.6 Å². The molecule has 5 atom stereocenters. The van der Waals surface area contributed by atoms with Crippen LogP contribution in [0.4, 0.5) is 0 Å². The molecule has 2 aromatic rings. The molecule has 3 aliphatic carbocycles. The number of aryl methyl sites for hydroxylation is 1. The van der Waals surface area contributed by atoms with Gasteiger partial charge in [-0.05, 0) is 85.6 Å². The van der Waals surface area contributed by atoms with E-state index in [0.717, 1.165) is 42.9 Å². The van der Waals surface area contributed by atoms with Gasteiger partial charge in [-0.15, -0.1) is 0 Å². The van der Waals surface area contributed by atoms with Crippen LogP contribution in [0.25, 0.3) is 0 Å². The Morgan fingerprint density at radius 2 is 1.66 bits per heavy atom. The molecule has 0 N–H and O–H groups in total. The zero-order valence-corrected chi connectivity index (χ0v) is 22.7. The Labute approximate surface area is 226 Å². The summed E-state index contributed by atoms with van der Waals surface area (Å²) in [5.74, 6) is 2.49. The average molecular weight is 517 g/mol. The molecule has 2 bridgehead atoms. The highest BCUT2D eigenvalue weighted by molar-refractivity contribution is 5.83. The van der Waals surface area contributed by atoms with Crippen LogP contribution in [0.1, 0.15) is 49.9 Å². The Hall–Kier alpha value is -3.15. The van der Waals surface area contributed by atoms with E-state index < -0.39 is 5.92 Å². The van der Waals surface area contributed by atoms with Crippen LogP contribution in [0, 0.1) is 29.6 Å². The fourth-order valence-electron chi connectivity index (χ4n) is 6.47. The Morgan fingerprint density at radius 3 is 2.24 bits per heavy atom. The van der Waals surface area contributed by atoms with Gasteiger partial charge in [0.05, 0.1) is 19.1 Å². The fraction of sp³-hybridized carbons (Fsp3) is 0.531. The number of nitrogens with zero attached hydrogens (tertiary/aromatic N) is 2. The van der Waals surface area contributed by atoms with Crippen LogP contribution < -0.4 is 4.74 Å². The van der Waals surface area contributed by atoms with E-state index >= 15 is 0 Å². The number of amides is 1. The molecule has 2 fully saturated rings. The molecule has 1 aromatic carbocycles. The van der Waals surface area contributed by atoms with Crippen molar-refractivity contribution in [1.82, 2.24) is 9.88 Å². The molecule has 1 aromatic heterocycles. The summed E-state index contributed by atoms with van der Waals surface area (Å²) in [6, 6.07) is 12.0. The number of allylic oxidation sites excluding steroid dienone is 2. The molecule has 1 saturated heterocycles. The van der Waals surface area contributed by atoms with Gasteiger partial charge in [0.1, 0.15) is 5.75 Å². The molecule has 5 unspecified atom stereocenters. The quantitative estimate of drug-likeness (QED) is 0.309. The van der Waals surface area contributed by atoms with Crippen molar-refractivity contribution in [3.8, 4) is 5.75 Å². The number of ether oxygens (including phenoxy) is 2. The summed E-state index contributed by atoms with van der Waals surface area (Å²) in [7, 11) is 0. The van der Waals surface area contributed by atoms with Crippen LogP contribution in [-0.4, -0.2) is 48.1 Å². The van der Waals surface area contributed by atoms with Crippen molar-refractivity contribution in [2.75, 3.05) is 26.3 Å². The van der Waals surface area contributed by atoms with E-state index in [9.17, 15) is 9.59 Å². The Kier molecular flexibility index (Phi) is 8.45. The average Bonchev–Trinajstić information content (AvgIpc) is 3.43. The number of aromatic nitrogens is 1. The van der Waals surface area contributed by atoms with Gasteiger partial charge in [0.2, 0.25) is 5.91 Å². The highest BCUT2D eigenvalue weighted by atomic mass is 16.5. The first kappa shape index (κ1) is 26.5. The minimum atomic E-state index is -0.483. The number of benzene rings is 1. The molecule has 6 heteroatoms. The molecule has 1 saturated carbocycles. The summed E-state index contributed by atoms with van der Waals surface area (Å²) in [5.41, 5.74) is 3.25. The first-order valence-corrected chi connectivity index (χ1v) is 14.3. The zero-order chi connectivity index (χ0) is 26.5. The van der Waals surface area contributed by atoms with E-state index in [2.05, 4.69) is 36.2 Å². The summed E-state index contributed by atoms with van der Waals surface area (Å²) < 4.78 is 11.3. The Bertz CT molecular complexity index is 1110. The molecule has 2 heterocycles. The summed E-state index contributed by atoms with van der Waals surface area (Å²) in [6.07, 6.45) is 11.6. The van der Waals surface area contributed by atoms with Crippen LogP contribution in [0.2, 0.25) is 0 Å². The lowest BCUT2D eigenvalue weighted by Crippen LogP contribution is -2.35. The predicted octanol–water partition coefficient (Wildman–Crippen LogP) is 5.05. The second-order valence-corrected chi connectivity index (χ2v) is 11.0. The minimum Gasteiger partial charge on any atom is -0.493 e. The lowest BCUT2D eigenvalue weighted by atomic mass is 9.64. The molecule has 4 aliphatic rings. The number of hydrogen-bond acceptors (Lipinski definition) is 5. The molecule has 38 heavy (non-hydrogen) atoms. The second kappa shape index (κ2) is 12.1. The number of rotatable bonds is 11. The van der Waals surface area contributed by atoms with Crippen LogP contribution in [-0.2, 0) is 33.6 Å². The summed E-state index contributed by atoms with van der Waals surface area (Å²) in [6.45, 7) is 6.45. The second-order valence-electron chi connectivity index (χ2n) is 11.0. The molecular weight excluding hydrogens is 476 g/mol. The lowest BCUT2D eigenvalue weighted by Gasteiger charge is -2.40. The van der Waals surface area contributed by atoms with Crippen LogP contribution in [0.5, 0.6) is 5.75 Å². The molecule has 0 radical (unpaired) electrons. The van der Waals surface area contributed by atoms with Gasteiger partial charge in [0.25, 0.3) is 0 Å². The summed E-state index contributed by atoms with van der Waals surface area (Å²) >= 11 is 0. The molecule has 202 valence electrons. The smallest absolute Gasteiger partial charge is 0.309 e. The van der Waals surface area contributed by atoms with Gasteiger partial charge in [-0.3, -0.25) is 14.6 Å². The number of pyridine rings is 1. The Balaban J connectivity index is 1.14. The maximum atomic E-state index is 13.3. The maximum Gasteiger partial charge on any atom is 0.309 e. The first-order valence-electron chi connectivity index (χ1n) is 14.3. The van der Waals surface area contributed by atoms with Crippen LogP contribution in [0.3, 0.4) is 0 Å². The number of esters is 1. The molecule has 6 rings (SSSR count). The SMILES string of the molecule is CCOC(=O)C(CC(=O)N1CC2C3C=CC(CC3)C2C1)Cc1ccc(OCCc2ccc(CC)cn2)cc1. The molecule has 1 amide bonds. The highest BCUT2D eigenvalue weighted by Gasteiger charge is 2.47. The van der Waals surface area contributed by atoms with E-state index in [1.807, 2.05) is 42.3 Å². The van der Waals surface area contributed by atoms with Gasteiger partial charge in [-0.1, -0.05) is 37.3 Å². The molecule has 6 nitrogen and oxygen atoms in total. The van der Waals surface area contributed by atoms with Crippen molar-refractivity contribution in [2.24, 2.45) is 29.6 Å². The number of carbonyl (C=O) groups is 2. The van der Waals surface area contributed by atoms with E-state index in [1.165, 1.54) is 18.4 Å². The number of fused-ring (bicyclic) bond motifs is 1. The van der Waals surface area contributed by atoms with E-state index in [1.54, 1.807) is 0 Å². The maximum absolute atomic E-state index is 13.3. The first-order chi connectivity index (χ1) is 18.5. The van der Waals surface area contributed by atoms with Crippen LogP contribution >= 0.6 is 0 Å². The topological polar surface area (TPSA) is 68.7 Å². The van der Waals surface area contributed by atoms with E-state index in [4.69, 9.17) is 9.47 Å². The molecule has 0 spiro atoms. The van der Waals surface area contributed by atoms with Gasteiger partial charge in [-0.25, -0.2) is 0 Å². The lowest BCUT2D eigenvalue weighted by molar-refractivity contribution is -0.151. The minimum absolute atomic E-state index is 0.0809. The van der Waals surface area contributed by atoms with Crippen molar-refractivity contribution < 1.29 is 19.1 Å². The monoisotopic (exact) mass is 516 g/mol. The third-order valence-corrected chi connectivity index (χ3v) is 8.67. The predicted molar refractivity (Wildman–Crippen MR) is 147 cm³/mol. The summed E-state index contributed by atoms with van der Waals surface area (Å²) in [5, 5.41) is 0. The van der Waals surface area contributed by atoms with Crippen molar-refractivity contribution >= 4 is 11.9 Å². The largest absolute Gasteiger partial charge is 0.493 e. The van der Waals surface area contributed by atoms with Crippen molar-refractivity contribution in [2.45, 2.75) is 52.4 Å². The van der Waals surface area contributed by atoms with E-state index in [0.29, 0.717) is 43.3 Å². The van der Waals surface area contributed by atoms with Gasteiger partial charge in [0.15, 0.2) is 0 Å². The van der Waals surface area contributed by atoms with Gasteiger partial charge in [-0.2, -0.15) is 0 Å². The van der Waals surface area contributed by atoms with Gasteiger partial charge in [0, 0.05) is 37.8 Å². The highest BCUT2D eigenvalue weighted by Crippen LogP contribution is 2.48. The van der Waals surface area contributed by atoms with Gasteiger partial charge < -0.3 is 14.4 Å². The van der Waals surface area contributed by atoms with E-state index in [-0.39, 0.29) is 18.3 Å². The Morgan fingerprint density at radius 1 is 0.974 bits per heavy atom. The zero-order valence-electron chi connectivity index (χ0n) is 22.7.